The molecule has 0 unspecified atom stereocenters. The number of hydrogen-bond acceptors (Lipinski definition) is 5. The smallest absolute Gasteiger partial charge is 0.218 e. The summed E-state index contributed by atoms with van der Waals surface area (Å²) in [5, 5.41) is 3.26. The van der Waals surface area contributed by atoms with Gasteiger partial charge in [-0.3, -0.25) is 0 Å². The molecule has 5 nitrogen and oxygen atoms in total. The molecule has 1 N–H and O–H groups in total. The van der Waals surface area contributed by atoms with E-state index in [1.807, 2.05) is 33.8 Å². The van der Waals surface area contributed by atoms with Crippen LogP contribution in [-0.2, 0) is 11.2 Å². The van der Waals surface area contributed by atoms with Crippen LogP contribution in [-0.4, -0.2) is 35.3 Å². The van der Waals surface area contributed by atoms with Gasteiger partial charge in [0, 0.05) is 19.0 Å². The molecule has 0 spiro atoms. The first-order chi connectivity index (χ1) is 9.44. The fourth-order valence-corrected chi connectivity index (χ4v) is 1.54. The number of aryl methyl sites for hydroxylation is 1. The number of rotatable bonds is 8. The summed E-state index contributed by atoms with van der Waals surface area (Å²) in [7, 11) is 0. The first kappa shape index (κ1) is 16.7. The predicted octanol–water partition coefficient (Wildman–Crippen LogP) is 3.05. The maximum absolute atomic E-state index is 5.65. The van der Waals surface area contributed by atoms with E-state index in [0.29, 0.717) is 19.1 Å². The van der Waals surface area contributed by atoms with Crippen molar-refractivity contribution in [1.82, 2.24) is 9.97 Å². The van der Waals surface area contributed by atoms with E-state index in [1.165, 1.54) is 0 Å². The number of nitrogens with zero attached hydrogens (tertiary/aromatic N) is 2. The number of nitrogens with one attached hydrogen (secondary N) is 1. The van der Waals surface area contributed by atoms with E-state index in [1.54, 1.807) is 0 Å². The maximum Gasteiger partial charge on any atom is 0.218 e. The van der Waals surface area contributed by atoms with Crippen LogP contribution in [0.15, 0.2) is 6.07 Å². The summed E-state index contributed by atoms with van der Waals surface area (Å²) in [6.45, 7) is 12.2. The molecule has 0 amide bonds. The Bertz CT molecular complexity index is 403. The summed E-state index contributed by atoms with van der Waals surface area (Å²) in [6.07, 6.45) is 1.84. The highest BCUT2D eigenvalue weighted by Gasteiger charge is 2.10. The average molecular weight is 281 g/mol. The molecule has 0 bridgehead atoms. The van der Waals surface area contributed by atoms with Gasteiger partial charge in [-0.25, -0.2) is 4.98 Å². The van der Waals surface area contributed by atoms with Crippen LogP contribution in [0.3, 0.4) is 0 Å². The largest absolute Gasteiger partial charge is 0.475 e. The van der Waals surface area contributed by atoms with Crippen LogP contribution < -0.4 is 10.1 Å². The quantitative estimate of drug-likeness (QED) is 0.742. The molecule has 0 fully saturated rings. The molecule has 5 heteroatoms. The lowest BCUT2D eigenvalue weighted by Gasteiger charge is -2.19. The Balaban J connectivity index is 2.55. The summed E-state index contributed by atoms with van der Waals surface area (Å²) >= 11 is 0. The third-order valence-corrected chi connectivity index (χ3v) is 2.49. The lowest BCUT2D eigenvalue weighted by atomic mass is 10.2. The van der Waals surface area contributed by atoms with Gasteiger partial charge in [0.1, 0.15) is 18.2 Å². The Morgan fingerprint density at radius 2 is 1.90 bits per heavy atom. The summed E-state index contributed by atoms with van der Waals surface area (Å²) < 4.78 is 11.3. The second-order valence-electron chi connectivity index (χ2n) is 5.60. The van der Waals surface area contributed by atoms with Gasteiger partial charge in [0.15, 0.2) is 0 Å². The van der Waals surface area contributed by atoms with Crippen molar-refractivity contribution in [3.8, 4) is 5.88 Å². The van der Waals surface area contributed by atoms with Gasteiger partial charge in [0.25, 0.3) is 0 Å². The molecule has 20 heavy (non-hydrogen) atoms. The van der Waals surface area contributed by atoms with Crippen LogP contribution in [0.4, 0.5) is 5.82 Å². The van der Waals surface area contributed by atoms with Gasteiger partial charge in [0.2, 0.25) is 5.88 Å². The molecule has 1 aromatic rings. The second kappa shape index (κ2) is 8.04. The Morgan fingerprint density at radius 3 is 2.50 bits per heavy atom. The average Bonchev–Trinajstić information content (AvgIpc) is 2.40. The van der Waals surface area contributed by atoms with E-state index in [4.69, 9.17) is 9.47 Å². The standard InChI is InChI=1S/C15H27N3O2/c1-6-8-16-13-11-14(18-12(7-2)17-13)19-9-10-20-15(3,4)5/h11H,6-10H2,1-5H3,(H,16,17,18). The summed E-state index contributed by atoms with van der Waals surface area (Å²) in [5.41, 5.74) is -0.141. The van der Waals surface area contributed by atoms with Crippen LogP contribution in [0.1, 0.15) is 46.9 Å². The molecule has 0 aliphatic rings. The van der Waals surface area contributed by atoms with Gasteiger partial charge in [-0.15, -0.1) is 0 Å². The van der Waals surface area contributed by atoms with Crippen molar-refractivity contribution in [2.45, 2.75) is 53.1 Å². The van der Waals surface area contributed by atoms with E-state index >= 15 is 0 Å². The Labute approximate surface area is 122 Å². The van der Waals surface area contributed by atoms with Gasteiger partial charge in [-0.1, -0.05) is 13.8 Å². The molecule has 0 saturated carbocycles. The SMILES string of the molecule is CCCNc1cc(OCCOC(C)(C)C)nc(CC)n1. The zero-order valence-corrected chi connectivity index (χ0v) is 13.3. The molecule has 0 radical (unpaired) electrons. The van der Waals surface area contributed by atoms with Crippen LogP contribution in [0.25, 0.3) is 0 Å². The predicted molar refractivity (Wildman–Crippen MR) is 81.4 cm³/mol. The highest BCUT2D eigenvalue weighted by Crippen LogP contribution is 2.14. The lowest BCUT2D eigenvalue weighted by Crippen LogP contribution is -2.22. The molecule has 0 saturated heterocycles. The Morgan fingerprint density at radius 1 is 1.15 bits per heavy atom. The van der Waals surface area contributed by atoms with Crippen LogP contribution in [0, 0.1) is 0 Å². The molecule has 114 valence electrons. The molecule has 1 aromatic heterocycles. The fraction of sp³-hybridized carbons (Fsp3) is 0.733. The zero-order chi connectivity index (χ0) is 15.0. The van der Waals surface area contributed by atoms with Crippen molar-refractivity contribution >= 4 is 5.82 Å². The molecule has 1 heterocycles. The van der Waals surface area contributed by atoms with Gasteiger partial charge in [-0.2, -0.15) is 4.98 Å². The molecule has 0 aromatic carbocycles. The minimum atomic E-state index is -0.141. The van der Waals surface area contributed by atoms with Crippen molar-refractivity contribution in [3.05, 3.63) is 11.9 Å². The highest BCUT2D eigenvalue weighted by molar-refractivity contribution is 5.38. The van der Waals surface area contributed by atoms with Crippen molar-refractivity contribution in [3.63, 3.8) is 0 Å². The fourth-order valence-electron chi connectivity index (χ4n) is 1.54. The monoisotopic (exact) mass is 281 g/mol. The topological polar surface area (TPSA) is 56.3 Å². The maximum atomic E-state index is 5.65. The molecule has 0 aliphatic carbocycles. The van der Waals surface area contributed by atoms with E-state index in [0.717, 1.165) is 31.0 Å². The normalized spacial score (nSPS) is 11.4. The van der Waals surface area contributed by atoms with E-state index in [9.17, 15) is 0 Å². The van der Waals surface area contributed by atoms with Gasteiger partial charge in [0.05, 0.1) is 12.2 Å². The van der Waals surface area contributed by atoms with Gasteiger partial charge >= 0.3 is 0 Å². The van der Waals surface area contributed by atoms with Gasteiger partial charge in [-0.05, 0) is 27.2 Å². The third-order valence-electron chi connectivity index (χ3n) is 2.49. The summed E-state index contributed by atoms with van der Waals surface area (Å²) in [4.78, 5) is 8.79. The molecule has 0 atom stereocenters. The van der Waals surface area contributed by atoms with E-state index < -0.39 is 0 Å². The lowest BCUT2D eigenvalue weighted by molar-refractivity contribution is -0.0168. The van der Waals surface area contributed by atoms with Crippen molar-refractivity contribution in [2.75, 3.05) is 25.1 Å². The number of anilines is 1. The number of hydrogen-bond donors (Lipinski definition) is 1. The van der Waals surface area contributed by atoms with Gasteiger partial charge < -0.3 is 14.8 Å². The highest BCUT2D eigenvalue weighted by atomic mass is 16.5. The van der Waals surface area contributed by atoms with Crippen LogP contribution in [0.2, 0.25) is 0 Å². The summed E-state index contributed by atoms with van der Waals surface area (Å²) in [5.74, 6) is 2.22. The zero-order valence-electron chi connectivity index (χ0n) is 13.3. The van der Waals surface area contributed by atoms with Crippen molar-refractivity contribution < 1.29 is 9.47 Å². The molecular formula is C15H27N3O2. The van der Waals surface area contributed by atoms with E-state index in [-0.39, 0.29) is 5.60 Å². The van der Waals surface area contributed by atoms with Crippen molar-refractivity contribution in [1.29, 1.82) is 0 Å². The molecular weight excluding hydrogens is 254 g/mol. The first-order valence-electron chi connectivity index (χ1n) is 7.33. The minimum Gasteiger partial charge on any atom is -0.475 e. The molecule has 1 rings (SSSR count). The summed E-state index contributed by atoms with van der Waals surface area (Å²) in [6, 6.07) is 1.84. The molecule has 0 aliphatic heterocycles. The second-order valence-corrected chi connectivity index (χ2v) is 5.60. The van der Waals surface area contributed by atoms with Crippen molar-refractivity contribution in [2.24, 2.45) is 0 Å². The van der Waals surface area contributed by atoms with Crippen LogP contribution >= 0.6 is 0 Å². The first-order valence-corrected chi connectivity index (χ1v) is 7.33. The Kier molecular flexibility index (Phi) is 6.71. The third kappa shape index (κ3) is 6.70. The minimum absolute atomic E-state index is 0.141. The number of ether oxygens (including phenoxy) is 2. The van der Waals surface area contributed by atoms with Crippen LogP contribution in [0.5, 0.6) is 5.88 Å². The Hall–Kier alpha value is -1.36. The number of aromatic nitrogens is 2. The van der Waals surface area contributed by atoms with E-state index in [2.05, 4.69) is 22.2 Å².